The van der Waals surface area contributed by atoms with E-state index in [1.165, 1.54) is 5.56 Å². The molecule has 1 aliphatic heterocycles. The number of nitrogens with zero attached hydrogens (tertiary/aromatic N) is 3. The van der Waals surface area contributed by atoms with E-state index < -0.39 is 0 Å². The number of hydrogen-bond donors (Lipinski definition) is 1. The van der Waals surface area contributed by atoms with Gasteiger partial charge in [0.25, 0.3) is 5.91 Å². The molecule has 1 atom stereocenters. The SMILES string of the molecule is O=C(NCc1ccc(Cn2ccnc2)cc1)[C@H]1CCCN(C(=O)c2cccc3ccccc23)C1. The van der Waals surface area contributed by atoms with Gasteiger partial charge in [0, 0.05) is 44.1 Å². The molecule has 2 amide bonds. The minimum atomic E-state index is -0.187. The molecule has 6 nitrogen and oxygen atoms in total. The molecule has 3 aromatic carbocycles. The molecule has 0 bridgehead atoms. The third-order valence-corrected chi connectivity index (χ3v) is 6.51. The summed E-state index contributed by atoms with van der Waals surface area (Å²) in [5.74, 6) is -0.172. The summed E-state index contributed by atoms with van der Waals surface area (Å²) >= 11 is 0. The van der Waals surface area contributed by atoms with Gasteiger partial charge in [-0.15, -0.1) is 0 Å². The second-order valence-electron chi connectivity index (χ2n) is 8.89. The van der Waals surface area contributed by atoms with Crippen LogP contribution in [0.5, 0.6) is 0 Å². The lowest BCUT2D eigenvalue weighted by molar-refractivity contribution is -0.126. The van der Waals surface area contributed by atoms with Crippen molar-refractivity contribution in [2.45, 2.75) is 25.9 Å². The highest BCUT2D eigenvalue weighted by atomic mass is 16.2. The fraction of sp³-hybridized carbons (Fsp3) is 0.250. The molecule has 0 aliphatic carbocycles. The number of fused-ring (bicyclic) bond motifs is 1. The lowest BCUT2D eigenvalue weighted by Crippen LogP contribution is -2.45. The van der Waals surface area contributed by atoms with Crippen molar-refractivity contribution < 1.29 is 9.59 Å². The Labute approximate surface area is 199 Å². The molecule has 5 rings (SSSR count). The van der Waals surface area contributed by atoms with Crippen LogP contribution in [-0.4, -0.2) is 39.4 Å². The van der Waals surface area contributed by atoms with E-state index in [1.54, 1.807) is 12.5 Å². The number of amides is 2. The summed E-state index contributed by atoms with van der Waals surface area (Å²) in [5, 5.41) is 5.08. The monoisotopic (exact) mass is 452 g/mol. The maximum atomic E-state index is 13.3. The molecule has 6 heteroatoms. The number of aromatic nitrogens is 2. The van der Waals surface area contributed by atoms with Crippen LogP contribution in [0.4, 0.5) is 0 Å². The second-order valence-corrected chi connectivity index (χ2v) is 8.89. The Morgan fingerprint density at radius 1 is 0.971 bits per heavy atom. The molecule has 2 heterocycles. The van der Waals surface area contributed by atoms with Crippen molar-refractivity contribution in [1.82, 2.24) is 19.8 Å². The van der Waals surface area contributed by atoms with Gasteiger partial charge in [0.2, 0.25) is 5.91 Å². The minimum Gasteiger partial charge on any atom is -0.352 e. The number of carbonyl (C=O) groups excluding carboxylic acids is 2. The van der Waals surface area contributed by atoms with Crippen molar-refractivity contribution in [2.75, 3.05) is 13.1 Å². The average Bonchev–Trinajstić information content (AvgIpc) is 3.40. The Morgan fingerprint density at radius 2 is 1.76 bits per heavy atom. The highest BCUT2D eigenvalue weighted by Gasteiger charge is 2.29. The van der Waals surface area contributed by atoms with Crippen LogP contribution in [0.15, 0.2) is 85.5 Å². The fourth-order valence-electron chi connectivity index (χ4n) is 4.64. The van der Waals surface area contributed by atoms with E-state index in [0.717, 1.165) is 35.7 Å². The van der Waals surface area contributed by atoms with Gasteiger partial charge in [-0.1, -0.05) is 60.7 Å². The molecule has 0 radical (unpaired) electrons. The van der Waals surface area contributed by atoms with Gasteiger partial charge in [0.15, 0.2) is 0 Å². The molecular weight excluding hydrogens is 424 g/mol. The maximum Gasteiger partial charge on any atom is 0.254 e. The molecule has 0 saturated carbocycles. The zero-order valence-electron chi connectivity index (χ0n) is 19.1. The Balaban J connectivity index is 1.18. The molecule has 1 fully saturated rings. The zero-order chi connectivity index (χ0) is 23.3. The maximum absolute atomic E-state index is 13.3. The predicted molar refractivity (Wildman–Crippen MR) is 132 cm³/mol. The van der Waals surface area contributed by atoms with Crippen LogP contribution >= 0.6 is 0 Å². The summed E-state index contributed by atoms with van der Waals surface area (Å²) in [5.41, 5.74) is 2.94. The highest BCUT2D eigenvalue weighted by molar-refractivity contribution is 6.07. The first kappa shape index (κ1) is 21.9. The lowest BCUT2D eigenvalue weighted by Gasteiger charge is -2.32. The van der Waals surface area contributed by atoms with Crippen LogP contribution < -0.4 is 5.32 Å². The summed E-state index contributed by atoms with van der Waals surface area (Å²) < 4.78 is 2.02. The first-order chi connectivity index (χ1) is 16.7. The van der Waals surface area contributed by atoms with E-state index in [2.05, 4.69) is 22.4 Å². The summed E-state index contributed by atoms with van der Waals surface area (Å²) in [7, 11) is 0. The van der Waals surface area contributed by atoms with Crippen molar-refractivity contribution in [2.24, 2.45) is 5.92 Å². The first-order valence-corrected chi connectivity index (χ1v) is 11.8. The third kappa shape index (κ3) is 4.86. The first-order valence-electron chi connectivity index (χ1n) is 11.8. The average molecular weight is 453 g/mol. The van der Waals surface area contributed by atoms with E-state index in [4.69, 9.17) is 0 Å². The van der Waals surface area contributed by atoms with Gasteiger partial charge in [-0.25, -0.2) is 4.98 Å². The number of piperidine rings is 1. The van der Waals surface area contributed by atoms with Crippen LogP contribution in [0.25, 0.3) is 10.8 Å². The standard InChI is InChI=1S/C28H28N4O2/c33-27(30-17-21-10-12-22(13-11-21)18-31-16-14-29-20-31)24-7-4-15-32(19-24)28(34)26-9-3-6-23-5-1-2-8-25(23)26/h1-3,5-6,8-14,16,20,24H,4,7,15,17-19H2,(H,30,33)/t24-/m0/s1. The molecular formula is C28H28N4O2. The smallest absolute Gasteiger partial charge is 0.254 e. The predicted octanol–water partition coefficient (Wildman–Crippen LogP) is 4.25. The summed E-state index contributed by atoms with van der Waals surface area (Å²) in [6.45, 7) is 2.40. The van der Waals surface area contributed by atoms with Crippen molar-refractivity contribution in [1.29, 1.82) is 0 Å². The second kappa shape index (κ2) is 9.91. The van der Waals surface area contributed by atoms with Gasteiger partial charge in [0.1, 0.15) is 0 Å². The van der Waals surface area contributed by atoms with Crippen molar-refractivity contribution in [3.63, 3.8) is 0 Å². The fourth-order valence-corrected chi connectivity index (χ4v) is 4.64. The highest BCUT2D eigenvalue weighted by Crippen LogP contribution is 2.23. The van der Waals surface area contributed by atoms with Crippen LogP contribution in [0.2, 0.25) is 0 Å². The number of rotatable bonds is 6. The van der Waals surface area contributed by atoms with Crippen LogP contribution in [0.1, 0.15) is 34.3 Å². The molecule has 1 aromatic heterocycles. The quantitative estimate of drug-likeness (QED) is 0.476. The molecule has 34 heavy (non-hydrogen) atoms. The number of hydrogen-bond acceptors (Lipinski definition) is 3. The van der Waals surface area contributed by atoms with E-state index in [-0.39, 0.29) is 17.7 Å². The van der Waals surface area contributed by atoms with Crippen molar-refractivity contribution in [3.8, 4) is 0 Å². The van der Waals surface area contributed by atoms with Gasteiger partial charge < -0.3 is 14.8 Å². The van der Waals surface area contributed by atoms with Gasteiger partial charge >= 0.3 is 0 Å². The number of imidazole rings is 1. The topological polar surface area (TPSA) is 67.2 Å². The molecule has 1 N–H and O–H groups in total. The molecule has 172 valence electrons. The molecule has 4 aromatic rings. The summed E-state index contributed by atoms with van der Waals surface area (Å²) in [4.78, 5) is 32.1. The van der Waals surface area contributed by atoms with Gasteiger partial charge in [0.05, 0.1) is 12.2 Å². The molecule has 0 unspecified atom stereocenters. The van der Waals surface area contributed by atoms with Crippen LogP contribution in [0.3, 0.4) is 0 Å². The summed E-state index contributed by atoms with van der Waals surface area (Å²) in [6.07, 6.45) is 7.14. The Bertz CT molecular complexity index is 1280. The van der Waals surface area contributed by atoms with Crippen molar-refractivity contribution in [3.05, 3.63) is 102 Å². The molecule has 1 aliphatic rings. The Kier molecular flexibility index (Phi) is 6.38. The van der Waals surface area contributed by atoms with E-state index in [9.17, 15) is 9.59 Å². The number of nitrogens with one attached hydrogen (secondary N) is 1. The molecule has 1 saturated heterocycles. The Morgan fingerprint density at radius 3 is 2.59 bits per heavy atom. The van der Waals surface area contributed by atoms with E-state index >= 15 is 0 Å². The molecule has 0 spiro atoms. The lowest BCUT2D eigenvalue weighted by atomic mass is 9.95. The van der Waals surface area contributed by atoms with Gasteiger partial charge in [-0.05, 0) is 40.8 Å². The summed E-state index contributed by atoms with van der Waals surface area (Å²) in [6, 6.07) is 22.0. The van der Waals surface area contributed by atoms with Gasteiger partial charge in [-0.3, -0.25) is 9.59 Å². The number of carbonyl (C=O) groups is 2. The van der Waals surface area contributed by atoms with Crippen molar-refractivity contribution >= 4 is 22.6 Å². The van der Waals surface area contributed by atoms with E-state index in [0.29, 0.717) is 25.2 Å². The largest absolute Gasteiger partial charge is 0.352 e. The van der Waals surface area contributed by atoms with Crippen LogP contribution in [0, 0.1) is 5.92 Å². The minimum absolute atomic E-state index is 0.00257. The van der Waals surface area contributed by atoms with Gasteiger partial charge in [-0.2, -0.15) is 0 Å². The Hall–Kier alpha value is -3.93. The normalized spacial score (nSPS) is 15.9. The van der Waals surface area contributed by atoms with E-state index in [1.807, 2.05) is 70.3 Å². The third-order valence-electron chi connectivity index (χ3n) is 6.51. The van der Waals surface area contributed by atoms with Crippen LogP contribution in [-0.2, 0) is 17.9 Å². The number of likely N-dealkylation sites (tertiary alicyclic amines) is 1. The number of benzene rings is 3. The zero-order valence-corrected chi connectivity index (χ0v) is 19.1.